The molecule has 0 radical (unpaired) electrons. The van der Waals surface area contributed by atoms with Gasteiger partial charge < -0.3 is 14.6 Å². The van der Waals surface area contributed by atoms with Crippen LogP contribution in [0.5, 0.6) is 5.75 Å². The molecule has 0 unspecified atom stereocenters. The second-order valence-electron chi connectivity index (χ2n) is 10.1. The lowest BCUT2D eigenvalue weighted by Crippen LogP contribution is -2.14. The molecule has 1 amide bonds. The quantitative estimate of drug-likeness (QED) is 0.233. The van der Waals surface area contributed by atoms with Gasteiger partial charge in [-0.05, 0) is 68.5 Å². The van der Waals surface area contributed by atoms with E-state index >= 15 is 0 Å². The Morgan fingerprint density at radius 3 is 2.54 bits per heavy atom. The molecule has 7 nitrogen and oxygen atoms in total. The number of amides is 1. The number of hydrogen-bond acceptors (Lipinski definition) is 4. The van der Waals surface area contributed by atoms with Crippen molar-refractivity contribution in [2.45, 2.75) is 46.7 Å². The van der Waals surface area contributed by atoms with Crippen LogP contribution in [0, 0.1) is 19.8 Å². The van der Waals surface area contributed by atoms with E-state index in [2.05, 4.69) is 29.5 Å². The highest BCUT2D eigenvalue weighted by Gasteiger charge is 2.31. The van der Waals surface area contributed by atoms with E-state index in [1.807, 2.05) is 37.7 Å². The Bertz CT molecular complexity index is 1470. The lowest BCUT2D eigenvalue weighted by Gasteiger charge is -2.15. The zero-order valence-electron chi connectivity index (χ0n) is 22.6. The number of halogens is 3. The molecule has 0 saturated carbocycles. The van der Waals surface area contributed by atoms with Gasteiger partial charge in [-0.3, -0.25) is 4.79 Å². The molecule has 206 valence electrons. The molecular formula is C29H32F3N5O2. The van der Waals surface area contributed by atoms with E-state index in [4.69, 9.17) is 4.74 Å². The molecule has 10 heteroatoms. The lowest BCUT2D eigenvalue weighted by molar-refractivity contribution is -0.137. The summed E-state index contributed by atoms with van der Waals surface area (Å²) in [7, 11) is 1.95. The summed E-state index contributed by atoms with van der Waals surface area (Å²) < 4.78 is 49.8. The third kappa shape index (κ3) is 6.68. The van der Waals surface area contributed by atoms with E-state index in [0.717, 1.165) is 41.8 Å². The number of rotatable bonds is 9. The first-order valence-corrected chi connectivity index (χ1v) is 12.7. The highest BCUT2D eigenvalue weighted by atomic mass is 19.4. The summed E-state index contributed by atoms with van der Waals surface area (Å²) in [4.78, 5) is 13.1. The maximum absolute atomic E-state index is 13.6. The molecule has 4 rings (SSSR count). The van der Waals surface area contributed by atoms with Crippen molar-refractivity contribution in [3.05, 3.63) is 77.2 Å². The third-order valence-electron chi connectivity index (χ3n) is 6.56. The van der Waals surface area contributed by atoms with Gasteiger partial charge in [0.25, 0.3) is 5.91 Å². The zero-order chi connectivity index (χ0) is 28.3. The molecular weight excluding hydrogens is 507 g/mol. The number of nitrogens with zero attached hydrogens (tertiary/aromatic N) is 4. The molecule has 2 heterocycles. The molecule has 39 heavy (non-hydrogen) atoms. The summed E-state index contributed by atoms with van der Waals surface area (Å²) in [6, 6.07) is 10.2. The summed E-state index contributed by atoms with van der Waals surface area (Å²) in [6.45, 7) is 8.29. The van der Waals surface area contributed by atoms with Gasteiger partial charge >= 0.3 is 6.18 Å². The van der Waals surface area contributed by atoms with Crippen LogP contribution < -0.4 is 10.1 Å². The van der Waals surface area contributed by atoms with Gasteiger partial charge in [0.05, 0.1) is 24.1 Å². The van der Waals surface area contributed by atoms with Crippen LogP contribution in [0.1, 0.15) is 53.9 Å². The average Bonchev–Trinajstić information content (AvgIpc) is 3.48. The smallest absolute Gasteiger partial charge is 0.416 e. The molecule has 1 N–H and O–H groups in total. The van der Waals surface area contributed by atoms with Gasteiger partial charge in [-0.2, -0.15) is 13.2 Å². The monoisotopic (exact) mass is 539 g/mol. The minimum Gasteiger partial charge on any atom is -0.494 e. The van der Waals surface area contributed by atoms with Crippen molar-refractivity contribution in [2.24, 2.45) is 13.0 Å². The number of alkyl halides is 3. The number of aryl methyl sites for hydroxylation is 2. The Morgan fingerprint density at radius 1 is 1.10 bits per heavy atom. The first kappa shape index (κ1) is 27.9. The van der Waals surface area contributed by atoms with Crippen LogP contribution in [0.15, 0.2) is 54.9 Å². The molecule has 0 bridgehead atoms. The second-order valence-corrected chi connectivity index (χ2v) is 10.1. The molecule has 0 aliphatic carbocycles. The molecule has 0 atom stereocenters. The normalized spacial score (nSPS) is 11.7. The van der Waals surface area contributed by atoms with E-state index in [1.165, 1.54) is 6.07 Å². The minimum atomic E-state index is -4.59. The van der Waals surface area contributed by atoms with E-state index in [0.29, 0.717) is 17.3 Å². The van der Waals surface area contributed by atoms with Gasteiger partial charge in [-0.15, -0.1) is 5.10 Å². The predicted octanol–water partition coefficient (Wildman–Crippen LogP) is 6.98. The number of ether oxygens (including phenoxy) is 1. The van der Waals surface area contributed by atoms with Gasteiger partial charge in [0.2, 0.25) is 0 Å². The molecule has 0 spiro atoms. The number of hydrogen-bond donors (Lipinski definition) is 1. The Balaban J connectivity index is 1.56. The number of benzene rings is 2. The third-order valence-corrected chi connectivity index (χ3v) is 6.56. The van der Waals surface area contributed by atoms with Crippen LogP contribution in [0.2, 0.25) is 0 Å². The fourth-order valence-corrected chi connectivity index (χ4v) is 4.18. The standard InChI is InChI=1S/C29H32F3N5O2/c1-18(2)7-6-12-39-24-15-22(29(30,31)32)14-23(16-24)33-28(38)21-9-8-19(3)27(13-21)37-17-26(34-35-37)25-10-11-36(5)20(25)4/h8-11,13-18H,6-7,12H2,1-5H3,(H,33,38). The van der Waals surface area contributed by atoms with Crippen molar-refractivity contribution in [1.82, 2.24) is 19.6 Å². The van der Waals surface area contributed by atoms with Crippen molar-refractivity contribution < 1.29 is 22.7 Å². The van der Waals surface area contributed by atoms with Crippen molar-refractivity contribution in [3.8, 4) is 22.7 Å². The van der Waals surface area contributed by atoms with Crippen molar-refractivity contribution >= 4 is 11.6 Å². The van der Waals surface area contributed by atoms with Crippen LogP contribution in [0.4, 0.5) is 18.9 Å². The van der Waals surface area contributed by atoms with Gasteiger partial charge in [0.15, 0.2) is 0 Å². The van der Waals surface area contributed by atoms with E-state index in [-0.39, 0.29) is 23.6 Å². The van der Waals surface area contributed by atoms with Gasteiger partial charge in [0.1, 0.15) is 11.4 Å². The Kier molecular flexibility index (Phi) is 8.13. The Morgan fingerprint density at radius 2 is 1.87 bits per heavy atom. The lowest BCUT2D eigenvalue weighted by atomic mass is 10.1. The molecule has 0 fully saturated rings. The number of carbonyl (C=O) groups excluding carboxylic acids is 1. The van der Waals surface area contributed by atoms with Crippen LogP contribution in [-0.4, -0.2) is 32.1 Å². The fraction of sp³-hybridized carbons (Fsp3) is 0.345. The summed E-state index contributed by atoms with van der Waals surface area (Å²) in [5, 5.41) is 11.1. The van der Waals surface area contributed by atoms with Crippen LogP contribution in [0.3, 0.4) is 0 Å². The number of anilines is 1. The summed E-state index contributed by atoms with van der Waals surface area (Å²) in [5.41, 5.74) is 3.52. The zero-order valence-corrected chi connectivity index (χ0v) is 22.6. The Hall–Kier alpha value is -4.08. The molecule has 4 aromatic rings. The van der Waals surface area contributed by atoms with E-state index < -0.39 is 17.6 Å². The largest absolute Gasteiger partial charge is 0.494 e. The maximum Gasteiger partial charge on any atom is 0.416 e. The minimum absolute atomic E-state index is 0.00148. The molecule has 2 aromatic carbocycles. The van der Waals surface area contributed by atoms with Gasteiger partial charge in [-0.1, -0.05) is 25.1 Å². The second kappa shape index (κ2) is 11.3. The molecule has 0 saturated heterocycles. The maximum atomic E-state index is 13.6. The molecule has 2 aromatic heterocycles. The first-order chi connectivity index (χ1) is 18.4. The fourth-order valence-electron chi connectivity index (χ4n) is 4.18. The number of aromatic nitrogens is 4. The summed E-state index contributed by atoms with van der Waals surface area (Å²) >= 11 is 0. The highest BCUT2D eigenvalue weighted by Crippen LogP contribution is 2.34. The SMILES string of the molecule is Cc1ccc(C(=O)Nc2cc(OCCCC(C)C)cc(C(F)(F)F)c2)cc1-n1cc(-c2ccn(C)c2C)nn1. The molecule has 0 aliphatic rings. The predicted molar refractivity (Wildman–Crippen MR) is 144 cm³/mol. The van der Waals surface area contributed by atoms with Crippen LogP contribution >= 0.6 is 0 Å². The number of carbonyl (C=O) groups is 1. The topological polar surface area (TPSA) is 74.0 Å². The van der Waals surface area contributed by atoms with Crippen molar-refractivity contribution in [3.63, 3.8) is 0 Å². The van der Waals surface area contributed by atoms with E-state index in [9.17, 15) is 18.0 Å². The van der Waals surface area contributed by atoms with Gasteiger partial charge in [-0.25, -0.2) is 4.68 Å². The van der Waals surface area contributed by atoms with Crippen LogP contribution in [-0.2, 0) is 13.2 Å². The Labute approximate surface area is 225 Å². The van der Waals surface area contributed by atoms with Crippen LogP contribution in [0.25, 0.3) is 16.9 Å². The summed E-state index contributed by atoms with van der Waals surface area (Å²) in [6.07, 6.45) is 0.750. The van der Waals surface area contributed by atoms with E-state index in [1.54, 1.807) is 29.1 Å². The average molecular weight is 540 g/mol. The molecule has 0 aliphatic heterocycles. The number of nitrogens with one attached hydrogen (secondary N) is 1. The first-order valence-electron chi connectivity index (χ1n) is 12.7. The van der Waals surface area contributed by atoms with Crippen molar-refractivity contribution in [2.75, 3.05) is 11.9 Å². The van der Waals surface area contributed by atoms with Gasteiger partial charge in [0, 0.05) is 41.8 Å². The van der Waals surface area contributed by atoms with Crippen molar-refractivity contribution in [1.29, 1.82) is 0 Å². The summed E-state index contributed by atoms with van der Waals surface area (Å²) in [5.74, 6) is -0.0312. The highest BCUT2D eigenvalue weighted by molar-refractivity contribution is 6.04.